The van der Waals surface area contributed by atoms with Crippen LogP contribution in [0.5, 0.6) is 0 Å². The summed E-state index contributed by atoms with van der Waals surface area (Å²) in [4.78, 5) is 0. The second kappa shape index (κ2) is 5.27. The maximum atomic E-state index is 3.96. The molecule has 5 unspecified atom stereocenters. The van der Waals surface area contributed by atoms with E-state index in [1.807, 2.05) is 0 Å². The van der Waals surface area contributed by atoms with Crippen molar-refractivity contribution in [1.29, 1.82) is 0 Å². The fraction of sp³-hybridized carbons (Fsp3) is 1.00. The van der Waals surface area contributed by atoms with E-state index in [4.69, 9.17) is 0 Å². The first-order chi connectivity index (χ1) is 8.38. The van der Waals surface area contributed by atoms with Crippen LogP contribution < -0.4 is 10.6 Å². The molecule has 5 atom stereocenters. The minimum absolute atomic E-state index is 0.822. The third kappa shape index (κ3) is 2.68. The minimum Gasteiger partial charge on any atom is -0.314 e. The molecule has 3 fully saturated rings. The molecule has 0 spiro atoms. The first kappa shape index (κ1) is 12.0. The Labute approximate surface area is 106 Å². The predicted molar refractivity (Wildman–Crippen MR) is 72.1 cm³/mol. The third-order valence-corrected chi connectivity index (χ3v) is 5.31. The van der Waals surface area contributed by atoms with Crippen LogP contribution in [0.3, 0.4) is 0 Å². The second-order valence-corrected chi connectivity index (χ2v) is 6.43. The molecule has 2 N–H and O–H groups in total. The van der Waals surface area contributed by atoms with Gasteiger partial charge in [0.15, 0.2) is 0 Å². The quantitative estimate of drug-likeness (QED) is 0.784. The largest absolute Gasteiger partial charge is 0.314 e. The van der Waals surface area contributed by atoms with E-state index in [0.29, 0.717) is 0 Å². The summed E-state index contributed by atoms with van der Waals surface area (Å²) >= 11 is 0. The summed E-state index contributed by atoms with van der Waals surface area (Å²) in [6.07, 6.45) is 11.4. The molecule has 0 aromatic carbocycles. The monoisotopic (exact) mass is 236 g/mol. The van der Waals surface area contributed by atoms with Crippen LogP contribution in [0, 0.1) is 11.8 Å². The lowest BCUT2D eigenvalue weighted by atomic mass is 9.88. The van der Waals surface area contributed by atoms with Crippen molar-refractivity contribution in [3.05, 3.63) is 0 Å². The maximum Gasteiger partial charge on any atom is 0.0113 e. The SMILES string of the molecule is CCC1CC1NC1CCCC1C1CCCCN1. The Balaban J connectivity index is 1.52. The first-order valence-electron chi connectivity index (χ1n) is 7.88. The second-order valence-electron chi connectivity index (χ2n) is 6.43. The lowest BCUT2D eigenvalue weighted by Crippen LogP contribution is -2.47. The van der Waals surface area contributed by atoms with Crippen LogP contribution in [0.2, 0.25) is 0 Å². The van der Waals surface area contributed by atoms with Gasteiger partial charge in [-0.25, -0.2) is 0 Å². The van der Waals surface area contributed by atoms with Gasteiger partial charge in [-0.15, -0.1) is 0 Å². The molecule has 3 rings (SSSR count). The molecular weight excluding hydrogens is 208 g/mol. The lowest BCUT2D eigenvalue weighted by Gasteiger charge is -2.33. The molecule has 3 aliphatic rings. The van der Waals surface area contributed by atoms with E-state index in [0.717, 1.165) is 30.0 Å². The van der Waals surface area contributed by atoms with Gasteiger partial charge in [-0.2, -0.15) is 0 Å². The fourth-order valence-corrected chi connectivity index (χ4v) is 4.10. The van der Waals surface area contributed by atoms with E-state index >= 15 is 0 Å². The average molecular weight is 236 g/mol. The van der Waals surface area contributed by atoms with Gasteiger partial charge in [-0.05, 0) is 50.5 Å². The Morgan fingerprint density at radius 2 is 2.00 bits per heavy atom. The lowest BCUT2D eigenvalue weighted by molar-refractivity contribution is 0.255. The highest BCUT2D eigenvalue weighted by molar-refractivity contribution is 4.99. The molecule has 98 valence electrons. The predicted octanol–water partition coefficient (Wildman–Crippen LogP) is 2.69. The van der Waals surface area contributed by atoms with Crippen LogP contribution in [0.25, 0.3) is 0 Å². The highest BCUT2D eigenvalue weighted by Crippen LogP contribution is 2.38. The van der Waals surface area contributed by atoms with Gasteiger partial charge in [0.05, 0.1) is 0 Å². The summed E-state index contributed by atoms with van der Waals surface area (Å²) in [5.41, 5.74) is 0. The van der Waals surface area contributed by atoms with Gasteiger partial charge >= 0.3 is 0 Å². The van der Waals surface area contributed by atoms with Gasteiger partial charge in [0.2, 0.25) is 0 Å². The van der Waals surface area contributed by atoms with Crippen LogP contribution in [0.4, 0.5) is 0 Å². The summed E-state index contributed by atoms with van der Waals surface area (Å²) < 4.78 is 0. The normalized spacial score (nSPS) is 46.1. The molecule has 0 amide bonds. The molecule has 17 heavy (non-hydrogen) atoms. The smallest absolute Gasteiger partial charge is 0.0113 e. The highest BCUT2D eigenvalue weighted by Gasteiger charge is 2.41. The summed E-state index contributed by atoms with van der Waals surface area (Å²) in [5, 5.41) is 7.73. The third-order valence-electron chi connectivity index (χ3n) is 5.31. The van der Waals surface area contributed by atoms with E-state index in [1.54, 1.807) is 0 Å². The zero-order valence-corrected chi connectivity index (χ0v) is 11.3. The zero-order chi connectivity index (χ0) is 11.7. The molecule has 0 aromatic heterocycles. The molecule has 2 nitrogen and oxygen atoms in total. The van der Waals surface area contributed by atoms with Crippen LogP contribution in [0.1, 0.15) is 58.3 Å². The van der Waals surface area contributed by atoms with Crippen molar-refractivity contribution in [2.24, 2.45) is 11.8 Å². The molecule has 1 saturated heterocycles. The minimum atomic E-state index is 0.822. The van der Waals surface area contributed by atoms with Gasteiger partial charge < -0.3 is 10.6 Å². The van der Waals surface area contributed by atoms with Crippen molar-refractivity contribution >= 4 is 0 Å². The molecule has 2 saturated carbocycles. The molecule has 1 aliphatic heterocycles. The Bertz CT molecular complexity index is 247. The molecule has 2 heteroatoms. The fourth-order valence-electron chi connectivity index (χ4n) is 4.10. The van der Waals surface area contributed by atoms with Crippen molar-refractivity contribution < 1.29 is 0 Å². The van der Waals surface area contributed by atoms with Crippen LogP contribution in [0.15, 0.2) is 0 Å². The van der Waals surface area contributed by atoms with Crippen LogP contribution >= 0.6 is 0 Å². The topological polar surface area (TPSA) is 24.1 Å². The first-order valence-corrected chi connectivity index (χ1v) is 7.88. The van der Waals surface area contributed by atoms with Crippen LogP contribution in [-0.2, 0) is 0 Å². The average Bonchev–Trinajstić information content (AvgIpc) is 2.96. The molecule has 0 aromatic rings. The maximum absolute atomic E-state index is 3.96. The van der Waals surface area contributed by atoms with Gasteiger partial charge in [-0.1, -0.05) is 26.2 Å². The summed E-state index contributed by atoms with van der Waals surface area (Å²) in [6, 6.07) is 2.52. The summed E-state index contributed by atoms with van der Waals surface area (Å²) in [7, 11) is 0. The Kier molecular flexibility index (Phi) is 3.72. The molecular formula is C15H28N2. The molecule has 0 radical (unpaired) electrons. The Morgan fingerprint density at radius 3 is 2.71 bits per heavy atom. The van der Waals surface area contributed by atoms with Gasteiger partial charge in [0.25, 0.3) is 0 Å². The van der Waals surface area contributed by atoms with Gasteiger partial charge in [0.1, 0.15) is 0 Å². The number of hydrogen-bond donors (Lipinski definition) is 2. The summed E-state index contributed by atoms with van der Waals surface area (Å²) in [6.45, 7) is 3.59. The van der Waals surface area contributed by atoms with Crippen molar-refractivity contribution in [3.63, 3.8) is 0 Å². The van der Waals surface area contributed by atoms with Crippen LogP contribution in [-0.4, -0.2) is 24.7 Å². The zero-order valence-electron chi connectivity index (χ0n) is 11.3. The highest BCUT2D eigenvalue weighted by atomic mass is 15.0. The van der Waals surface area contributed by atoms with E-state index in [2.05, 4.69) is 17.6 Å². The molecule has 1 heterocycles. The van der Waals surface area contributed by atoms with Crippen molar-refractivity contribution in [1.82, 2.24) is 10.6 Å². The van der Waals surface area contributed by atoms with Gasteiger partial charge in [0, 0.05) is 18.1 Å². The van der Waals surface area contributed by atoms with E-state index in [9.17, 15) is 0 Å². The number of rotatable bonds is 4. The number of hydrogen-bond acceptors (Lipinski definition) is 2. The van der Waals surface area contributed by atoms with Crippen molar-refractivity contribution in [3.8, 4) is 0 Å². The standard InChI is InChI=1S/C15H28N2/c1-2-11-10-15(11)17-14-8-5-6-12(14)13-7-3-4-9-16-13/h11-17H,2-10H2,1H3. The Morgan fingerprint density at radius 1 is 1.06 bits per heavy atom. The molecule has 0 bridgehead atoms. The number of nitrogens with one attached hydrogen (secondary N) is 2. The van der Waals surface area contributed by atoms with Gasteiger partial charge in [-0.3, -0.25) is 0 Å². The summed E-state index contributed by atoms with van der Waals surface area (Å²) in [5.74, 6) is 1.92. The van der Waals surface area contributed by atoms with E-state index < -0.39 is 0 Å². The Hall–Kier alpha value is -0.0800. The van der Waals surface area contributed by atoms with Crippen molar-refractivity contribution in [2.75, 3.05) is 6.54 Å². The van der Waals surface area contributed by atoms with E-state index in [1.165, 1.54) is 57.9 Å². The number of piperidine rings is 1. The van der Waals surface area contributed by atoms with E-state index in [-0.39, 0.29) is 0 Å². The van der Waals surface area contributed by atoms with Crippen molar-refractivity contribution in [2.45, 2.75) is 76.4 Å². The molecule has 2 aliphatic carbocycles.